The zero-order valence-electron chi connectivity index (χ0n) is 7.79. The molecule has 0 aromatic carbocycles. The standard InChI is InChI=1S/C9H17NO2/c1-4-5-6-7-10(3)8(2)9(11)12/h4,8H,1,5-7H2,2-3H3,(H,11,12)/t8-/m0/s1. The van der Waals surface area contributed by atoms with E-state index in [-0.39, 0.29) is 0 Å². The minimum atomic E-state index is -0.767. The average Bonchev–Trinajstić information content (AvgIpc) is 2.03. The summed E-state index contributed by atoms with van der Waals surface area (Å²) in [6.07, 6.45) is 3.76. The number of rotatable bonds is 6. The Hall–Kier alpha value is -0.830. The molecule has 0 unspecified atom stereocenters. The third-order valence-electron chi connectivity index (χ3n) is 1.94. The number of allylic oxidation sites excluding steroid dienone is 1. The second-order valence-electron chi connectivity index (χ2n) is 2.93. The lowest BCUT2D eigenvalue weighted by Gasteiger charge is -2.20. The number of carboxylic acids is 1. The summed E-state index contributed by atoms with van der Waals surface area (Å²) in [4.78, 5) is 12.3. The Morgan fingerprint density at radius 1 is 1.75 bits per heavy atom. The van der Waals surface area contributed by atoms with Crippen molar-refractivity contribution in [2.75, 3.05) is 13.6 Å². The van der Waals surface area contributed by atoms with Crippen molar-refractivity contribution in [3.8, 4) is 0 Å². The van der Waals surface area contributed by atoms with Gasteiger partial charge in [-0.25, -0.2) is 0 Å². The molecule has 3 nitrogen and oxygen atoms in total. The zero-order chi connectivity index (χ0) is 9.56. The maximum absolute atomic E-state index is 10.5. The van der Waals surface area contributed by atoms with E-state index in [0.29, 0.717) is 0 Å². The Morgan fingerprint density at radius 3 is 2.75 bits per heavy atom. The van der Waals surface area contributed by atoms with Gasteiger partial charge < -0.3 is 5.11 Å². The quantitative estimate of drug-likeness (QED) is 0.484. The van der Waals surface area contributed by atoms with E-state index in [2.05, 4.69) is 6.58 Å². The van der Waals surface area contributed by atoms with Gasteiger partial charge in [0.25, 0.3) is 0 Å². The molecule has 0 heterocycles. The summed E-state index contributed by atoms with van der Waals surface area (Å²) >= 11 is 0. The van der Waals surface area contributed by atoms with Gasteiger partial charge in [0.2, 0.25) is 0 Å². The molecular weight excluding hydrogens is 154 g/mol. The van der Waals surface area contributed by atoms with E-state index in [0.717, 1.165) is 19.4 Å². The highest BCUT2D eigenvalue weighted by Gasteiger charge is 2.15. The van der Waals surface area contributed by atoms with E-state index in [1.54, 1.807) is 6.92 Å². The predicted molar refractivity (Wildman–Crippen MR) is 49.2 cm³/mol. The third kappa shape index (κ3) is 4.13. The van der Waals surface area contributed by atoms with Gasteiger partial charge in [-0.15, -0.1) is 6.58 Å². The van der Waals surface area contributed by atoms with Crippen molar-refractivity contribution in [1.82, 2.24) is 4.90 Å². The Balaban J connectivity index is 3.63. The molecule has 0 rings (SSSR count). The highest BCUT2D eigenvalue weighted by atomic mass is 16.4. The van der Waals surface area contributed by atoms with Gasteiger partial charge in [-0.1, -0.05) is 6.08 Å². The van der Waals surface area contributed by atoms with Crippen molar-refractivity contribution < 1.29 is 9.90 Å². The molecule has 70 valence electrons. The van der Waals surface area contributed by atoms with Gasteiger partial charge in [-0.2, -0.15) is 0 Å². The second-order valence-corrected chi connectivity index (χ2v) is 2.93. The summed E-state index contributed by atoms with van der Waals surface area (Å²) in [5.41, 5.74) is 0. The van der Waals surface area contributed by atoms with E-state index in [1.165, 1.54) is 0 Å². The molecule has 0 saturated heterocycles. The van der Waals surface area contributed by atoms with Crippen molar-refractivity contribution in [2.45, 2.75) is 25.8 Å². The lowest BCUT2D eigenvalue weighted by molar-refractivity contribution is -0.142. The fourth-order valence-corrected chi connectivity index (χ4v) is 0.867. The lowest BCUT2D eigenvalue weighted by Crippen LogP contribution is -2.36. The molecule has 0 aromatic rings. The second kappa shape index (κ2) is 5.77. The summed E-state index contributed by atoms with van der Waals surface area (Å²) in [7, 11) is 1.82. The monoisotopic (exact) mass is 171 g/mol. The molecule has 0 aliphatic heterocycles. The summed E-state index contributed by atoms with van der Waals surface area (Å²) in [6, 6.07) is -0.394. The highest BCUT2D eigenvalue weighted by molar-refractivity contribution is 5.72. The summed E-state index contributed by atoms with van der Waals surface area (Å²) in [6.45, 7) is 6.10. The summed E-state index contributed by atoms with van der Waals surface area (Å²) < 4.78 is 0. The lowest BCUT2D eigenvalue weighted by atomic mass is 10.2. The van der Waals surface area contributed by atoms with Crippen molar-refractivity contribution in [3.63, 3.8) is 0 Å². The van der Waals surface area contributed by atoms with E-state index < -0.39 is 12.0 Å². The molecule has 0 fully saturated rings. The first-order valence-corrected chi connectivity index (χ1v) is 4.13. The number of carbonyl (C=O) groups is 1. The van der Waals surface area contributed by atoms with Crippen LogP contribution < -0.4 is 0 Å². The molecule has 0 radical (unpaired) electrons. The Labute approximate surface area is 73.7 Å². The fourth-order valence-electron chi connectivity index (χ4n) is 0.867. The maximum atomic E-state index is 10.5. The van der Waals surface area contributed by atoms with E-state index in [9.17, 15) is 4.79 Å². The first kappa shape index (κ1) is 11.2. The normalized spacial score (nSPS) is 12.9. The van der Waals surface area contributed by atoms with Crippen LogP contribution in [0.4, 0.5) is 0 Å². The van der Waals surface area contributed by atoms with Crippen LogP contribution in [0.3, 0.4) is 0 Å². The molecule has 1 N–H and O–H groups in total. The number of carboxylic acid groups (broad SMARTS) is 1. The highest BCUT2D eigenvalue weighted by Crippen LogP contribution is 1.99. The van der Waals surface area contributed by atoms with Gasteiger partial charge in [-0.05, 0) is 33.4 Å². The average molecular weight is 171 g/mol. The van der Waals surface area contributed by atoms with E-state index in [1.807, 2.05) is 18.0 Å². The first-order valence-electron chi connectivity index (χ1n) is 4.13. The summed E-state index contributed by atoms with van der Waals surface area (Å²) in [5.74, 6) is -0.767. The number of nitrogens with zero attached hydrogens (tertiary/aromatic N) is 1. The number of likely N-dealkylation sites (N-methyl/N-ethyl adjacent to an activating group) is 1. The van der Waals surface area contributed by atoms with Crippen LogP contribution in [0.1, 0.15) is 19.8 Å². The molecule has 0 aliphatic rings. The van der Waals surface area contributed by atoms with Crippen molar-refractivity contribution in [1.29, 1.82) is 0 Å². The van der Waals surface area contributed by atoms with Crippen LogP contribution in [-0.4, -0.2) is 35.6 Å². The van der Waals surface area contributed by atoms with Gasteiger partial charge in [0.1, 0.15) is 6.04 Å². The maximum Gasteiger partial charge on any atom is 0.320 e. The van der Waals surface area contributed by atoms with Crippen LogP contribution in [0.15, 0.2) is 12.7 Å². The molecule has 0 spiro atoms. The van der Waals surface area contributed by atoms with Crippen LogP contribution in [-0.2, 0) is 4.79 Å². The molecular formula is C9H17NO2. The minimum absolute atomic E-state index is 0.394. The fraction of sp³-hybridized carbons (Fsp3) is 0.667. The van der Waals surface area contributed by atoms with Gasteiger partial charge in [-0.3, -0.25) is 9.69 Å². The van der Waals surface area contributed by atoms with Crippen molar-refractivity contribution >= 4 is 5.97 Å². The number of aliphatic carboxylic acids is 1. The molecule has 12 heavy (non-hydrogen) atoms. The Bertz CT molecular complexity index is 157. The zero-order valence-corrected chi connectivity index (χ0v) is 7.79. The van der Waals surface area contributed by atoms with Gasteiger partial charge in [0.05, 0.1) is 0 Å². The Morgan fingerprint density at radius 2 is 2.33 bits per heavy atom. The summed E-state index contributed by atoms with van der Waals surface area (Å²) in [5, 5.41) is 8.65. The van der Waals surface area contributed by atoms with Crippen LogP contribution in [0, 0.1) is 0 Å². The molecule has 3 heteroatoms. The SMILES string of the molecule is C=CCCCN(C)[C@@H](C)C(=O)O. The van der Waals surface area contributed by atoms with Crippen LogP contribution in [0.25, 0.3) is 0 Å². The van der Waals surface area contributed by atoms with E-state index in [4.69, 9.17) is 5.11 Å². The Kier molecular flexibility index (Phi) is 5.37. The van der Waals surface area contributed by atoms with Crippen LogP contribution >= 0.6 is 0 Å². The molecule has 1 atom stereocenters. The topological polar surface area (TPSA) is 40.5 Å². The van der Waals surface area contributed by atoms with Crippen molar-refractivity contribution in [3.05, 3.63) is 12.7 Å². The first-order chi connectivity index (χ1) is 5.59. The number of unbranched alkanes of at least 4 members (excludes halogenated alkanes) is 1. The van der Waals surface area contributed by atoms with E-state index >= 15 is 0 Å². The smallest absolute Gasteiger partial charge is 0.320 e. The number of hydrogen-bond donors (Lipinski definition) is 1. The molecule has 0 aromatic heterocycles. The number of hydrogen-bond acceptors (Lipinski definition) is 2. The van der Waals surface area contributed by atoms with Crippen LogP contribution in [0.2, 0.25) is 0 Å². The van der Waals surface area contributed by atoms with Gasteiger partial charge in [0.15, 0.2) is 0 Å². The van der Waals surface area contributed by atoms with Crippen LogP contribution in [0.5, 0.6) is 0 Å². The van der Waals surface area contributed by atoms with Gasteiger partial charge in [0, 0.05) is 0 Å². The molecule has 0 bridgehead atoms. The minimum Gasteiger partial charge on any atom is -0.480 e. The molecule has 0 aliphatic carbocycles. The largest absolute Gasteiger partial charge is 0.480 e. The van der Waals surface area contributed by atoms with Crippen molar-refractivity contribution in [2.24, 2.45) is 0 Å². The van der Waals surface area contributed by atoms with Gasteiger partial charge >= 0.3 is 5.97 Å². The third-order valence-corrected chi connectivity index (χ3v) is 1.94. The molecule has 0 saturated carbocycles. The predicted octanol–water partition coefficient (Wildman–Crippen LogP) is 1.36. The molecule has 0 amide bonds.